The third-order valence-corrected chi connectivity index (χ3v) is 3.25. The van der Waals surface area contributed by atoms with Gasteiger partial charge in [-0.1, -0.05) is 0 Å². The van der Waals surface area contributed by atoms with E-state index >= 15 is 0 Å². The lowest BCUT2D eigenvalue weighted by Gasteiger charge is -2.03. The normalized spacial score (nSPS) is 11.0. The summed E-state index contributed by atoms with van der Waals surface area (Å²) in [6.45, 7) is 0. The molecule has 0 spiro atoms. The van der Waals surface area contributed by atoms with Crippen LogP contribution in [0.15, 0.2) is 47.0 Å². The number of allylic oxidation sites excluding steroid dienone is 1. The van der Waals surface area contributed by atoms with Crippen LogP contribution in [-0.2, 0) is 4.74 Å². The van der Waals surface area contributed by atoms with Crippen LogP contribution < -0.4 is 5.32 Å². The number of hydrogen-bond acceptors (Lipinski definition) is 8. The number of aromatic amines is 1. The Labute approximate surface area is 141 Å². The topological polar surface area (TPSA) is 130 Å². The Morgan fingerprint density at radius 3 is 2.76 bits per heavy atom. The second-order valence-electron chi connectivity index (χ2n) is 4.78. The lowest BCUT2D eigenvalue weighted by atomic mass is 10.1. The van der Waals surface area contributed by atoms with Crippen molar-refractivity contribution in [2.45, 2.75) is 0 Å². The molecule has 0 saturated heterocycles. The van der Waals surface area contributed by atoms with Gasteiger partial charge in [0, 0.05) is 17.5 Å². The molecule has 0 bridgehead atoms. The van der Waals surface area contributed by atoms with E-state index in [1.54, 1.807) is 24.3 Å². The maximum absolute atomic E-state index is 11.4. The summed E-state index contributed by atoms with van der Waals surface area (Å²) in [7, 11) is 1.29. The molecule has 0 saturated carbocycles. The Balaban J connectivity index is 1.73. The molecule has 1 aromatic carbocycles. The van der Waals surface area contributed by atoms with Gasteiger partial charge >= 0.3 is 5.97 Å². The third-order valence-electron chi connectivity index (χ3n) is 3.25. The Bertz CT molecular complexity index is 935. The summed E-state index contributed by atoms with van der Waals surface area (Å²) in [5, 5.41) is 25.3. The summed E-state index contributed by atoms with van der Waals surface area (Å²) < 4.78 is 10.1. The van der Waals surface area contributed by atoms with E-state index < -0.39 is 5.97 Å². The molecule has 0 amide bonds. The molecule has 0 aliphatic heterocycles. The lowest BCUT2D eigenvalue weighted by Crippen LogP contribution is -1.98. The zero-order valence-corrected chi connectivity index (χ0v) is 13.1. The lowest BCUT2D eigenvalue weighted by molar-refractivity contribution is 0.0566. The Hall–Kier alpha value is -3.93. The summed E-state index contributed by atoms with van der Waals surface area (Å²) in [4.78, 5) is 11.4. The monoisotopic (exact) mass is 336 g/mol. The number of H-pyrrole nitrogens is 1. The number of anilines is 1. The second-order valence-corrected chi connectivity index (χ2v) is 4.78. The smallest absolute Gasteiger partial charge is 0.373 e. The number of esters is 1. The number of nitrogens with zero attached hydrogens (tertiary/aromatic N) is 4. The average Bonchev–Trinajstić information content (AvgIpc) is 3.34. The number of tetrazole rings is 1. The van der Waals surface area contributed by atoms with Crippen molar-refractivity contribution in [3.8, 4) is 17.4 Å². The number of furan rings is 1. The average molecular weight is 336 g/mol. The molecule has 3 aromatic rings. The van der Waals surface area contributed by atoms with Crippen LogP contribution in [0, 0.1) is 11.3 Å². The van der Waals surface area contributed by atoms with Crippen molar-refractivity contribution < 1.29 is 13.9 Å². The minimum absolute atomic E-state index is 0.140. The van der Waals surface area contributed by atoms with E-state index in [2.05, 4.69) is 30.7 Å². The van der Waals surface area contributed by atoms with Gasteiger partial charge in [0.15, 0.2) is 0 Å². The highest BCUT2D eigenvalue weighted by atomic mass is 16.5. The Morgan fingerprint density at radius 2 is 2.12 bits per heavy atom. The Morgan fingerprint density at radius 1 is 1.32 bits per heavy atom. The Kier molecular flexibility index (Phi) is 4.53. The number of aromatic nitrogens is 4. The summed E-state index contributed by atoms with van der Waals surface area (Å²) in [5.74, 6) is 0.367. The fourth-order valence-corrected chi connectivity index (χ4v) is 2.01. The molecule has 2 aromatic heterocycles. The number of methoxy groups -OCH3 is 1. The first-order valence-corrected chi connectivity index (χ1v) is 7.10. The minimum atomic E-state index is -0.528. The zero-order chi connectivity index (χ0) is 17.6. The van der Waals surface area contributed by atoms with Gasteiger partial charge in [-0.05, 0) is 41.6 Å². The van der Waals surface area contributed by atoms with Crippen LogP contribution in [0.25, 0.3) is 16.9 Å². The SMILES string of the molecule is COC(=O)c1ccc(-c2ccc(NC=C(C#N)c3nn[nH]n3)cc2)o1. The highest BCUT2D eigenvalue weighted by Crippen LogP contribution is 2.24. The van der Waals surface area contributed by atoms with E-state index in [4.69, 9.17) is 9.68 Å². The van der Waals surface area contributed by atoms with E-state index in [0.717, 1.165) is 11.3 Å². The fraction of sp³-hybridized carbons (Fsp3) is 0.0625. The van der Waals surface area contributed by atoms with Gasteiger partial charge in [0.05, 0.1) is 7.11 Å². The van der Waals surface area contributed by atoms with Crippen molar-refractivity contribution in [1.29, 1.82) is 5.26 Å². The van der Waals surface area contributed by atoms with Crippen LogP contribution in [0.1, 0.15) is 16.4 Å². The molecule has 2 heterocycles. The van der Waals surface area contributed by atoms with Crippen LogP contribution in [0.3, 0.4) is 0 Å². The van der Waals surface area contributed by atoms with Crippen molar-refractivity contribution >= 4 is 17.2 Å². The maximum Gasteiger partial charge on any atom is 0.373 e. The van der Waals surface area contributed by atoms with Gasteiger partial charge in [0.2, 0.25) is 11.6 Å². The summed E-state index contributed by atoms with van der Waals surface area (Å²) in [6, 6.07) is 12.5. The first-order chi connectivity index (χ1) is 12.2. The van der Waals surface area contributed by atoms with Crippen molar-refractivity contribution in [3.63, 3.8) is 0 Å². The summed E-state index contributed by atoms with van der Waals surface area (Å²) in [6.07, 6.45) is 1.49. The standard InChI is InChI=1S/C16H12N6O3/c1-24-16(23)14-7-6-13(25-14)10-2-4-12(5-3-10)18-9-11(8-17)15-19-21-22-20-15/h2-7,9,18H,1H3,(H,19,20,21,22). The third kappa shape index (κ3) is 3.53. The number of benzene rings is 1. The predicted octanol–water partition coefficient (Wildman–Crippen LogP) is 2.22. The number of rotatable bonds is 5. The largest absolute Gasteiger partial charge is 0.463 e. The molecule has 0 aliphatic rings. The van der Waals surface area contributed by atoms with E-state index in [1.807, 2.05) is 18.2 Å². The molecule has 2 N–H and O–H groups in total. The van der Waals surface area contributed by atoms with Crippen molar-refractivity contribution in [2.24, 2.45) is 0 Å². The van der Waals surface area contributed by atoms with E-state index in [1.165, 1.54) is 13.3 Å². The van der Waals surface area contributed by atoms with Crippen LogP contribution in [0.5, 0.6) is 0 Å². The number of ether oxygens (including phenoxy) is 1. The molecule has 9 nitrogen and oxygen atoms in total. The molecular weight excluding hydrogens is 324 g/mol. The molecule has 3 rings (SSSR count). The van der Waals surface area contributed by atoms with E-state index in [9.17, 15) is 4.79 Å². The van der Waals surface area contributed by atoms with Crippen LogP contribution in [0.2, 0.25) is 0 Å². The molecule has 9 heteroatoms. The fourth-order valence-electron chi connectivity index (χ4n) is 2.01. The quantitative estimate of drug-likeness (QED) is 0.536. The molecule has 0 aliphatic carbocycles. The first-order valence-electron chi connectivity index (χ1n) is 7.10. The molecule has 124 valence electrons. The van der Waals surface area contributed by atoms with Gasteiger partial charge in [0.1, 0.15) is 17.4 Å². The summed E-state index contributed by atoms with van der Waals surface area (Å²) in [5.41, 5.74) is 1.79. The number of nitriles is 1. The van der Waals surface area contributed by atoms with Gasteiger partial charge < -0.3 is 14.5 Å². The number of carbonyl (C=O) groups excluding carboxylic acids is 1. The summed E-state index contributed by atoms with van der Waals surface area (Å²) >= 11 is 0. The van der Waals surface area contributed by atoms with Crippen molar-refractivity contribution in [2.75, 3.05) is 12.4 Å². The number of nitrogens with one attached hydrogen (secondary N) is 2. The molecule has 0 atom stereocenters. The zero-order valence-electron chi connectivity index (χ0n) is 13.1. The highest BCUT2D eigenvalue weighted by Gasteiger charge is 2.12. The molecule has 0 fully saturated rings. The molecular formula is C16H12N6O3. The van der Waals surface area contributed by atoms with Crippen LogP contribution >= 0.6 is 0 Å². The van der Waals surface area contributed by atoms with Gasteiger partial charge in [-0.2, -0.15) is 10.5 Å². The second kappa shape index (κ2) is 7.10. The van der Waals surface area contributed by atoms with E-state index in [-0.39, 0.29) is 17.2 Å². The van der Waals surface area contributed by atoms with Gasteiger partial charge in [-0.3, -0.25) is 0 Å². The van der Waals surface area contributed by atoms with Crippen LogP contribution in [0.4, 0.5) is 5.69 Å². The molecule has 0 unspecified atom stereocenters. The van der Waals surface area contributed by atoms with Gasteiger partial charge in [-0.25, -0.2) is 4.79 Å². The number of carbonyl (C=O) groups is 1. The molecule has 25 heavy (non-hydrogen) atoms. The number of hydrogen-bond donors (Lipinski definition) is 2. The van der Waals surface area contributed by atoms with Crippen LogP contribution in [-0.4, -0.2) is 33.7 Å². The minimum Gasteiger partial charge on any atom is -0.463 e. The van der Waals surface area contributed by atoms with Gasteiger partial charge in [-0.15, -0.1) is 10.2 Å². The highest BCUT2D eigenvalue weighted by molar-refractivity contribution is 5.87. The first kappa shape index (κ1) is 15.9. The van der Waals surface area contributed by atoms with Crippen molar-refractivity contribution in [3.05, 3.63) is 54.2 Å². The van der Waals surface area contributed by atoms with E-state index in [0.29, 0.717) is 5.76 Å². The van der Waals surface area contributed by atoms with Gasteiger partial charge in [0.25, 0.3) is 0 Å². The maximum atomic E-state index is 11.4. The van der Waals surface area contributed by atoms with Crippen molar-refractivity contribution in [1.82, 2.24) is 20.6 Å². The molecule has 0 radical (unpaired) electrons. The predicted molar refractivity (Wildman–Crippen MR) is 86.9 cm³/mol.